The molecule has 0 unspecified atom stereocenters. The molecular weight excluding hydrogens is 186 g/mol. The van der Waals surface area contributed by atoms with Crippen molar-refractivity contribution in [3.05, 3.63) is 28.8 Å². The van der Waals surface area contributed by atoms with E-state index in [4.69, 9.17) is 16.7 Å². The predicted octanol–water partition coefficient (Wildman–Crippen LogP) is 2.06. The van der Waals surface area contributed by atoms with Crippen LogP contribution in [-0.2, 0) is 6.42 Å². The number of halogens is 1. The van der Waals surface area contributed by atoms with Gasteiger partial charge in [-0.3, -0.25) is 0 Å². The number of anilines is 1. The average molecular weight is 198 g/mol. The lowest BCUT2D eigenvalue weighted by atomic mass is 9.99. The number of benzene rings is 1. The van der Waals surface area contributed by atoms with Gasteiger partial charge in [0.2, 0.25) is 0 Å². The molecular formula is C10H12ClNO. The molecule has 0 aliphatic carbocycles. The Balaban J connectivity index is 2.26. The zero-order valence-electron chi connectivity index (χ0n) is 7.26. The van der Waals surface area contributed by atoms with E-state index in [1.165, 1.54) is 5.56 Å². The van der Waals surface area contributed by atoms with Crippen LogP contribution in [0.15, 0.2) is 18.2 Å². The van der Waals surface area contributed by atoms with E-state index in [0.717, 1.165) is 23.6 Å². The summed E-state index contributed by atoms with van der Waals surface area (Å²) in [6.07, 6.45) is 1.97. The van der Waals surface area contributed by atoms with Crippen molar-refractivity contribution in [2.75, 3.05) is 11.9 Å². The maximum atomic E-state index is 8.98. The second-order valence-electron chi connectivity index (χ2n) is 3.36. The molecule has 0 fully saturated rings. The Morgan fingerprint density at radius 1 is 1.54 bits per heavy atom. The predicted molar refractivity (Wildman–Crippen MR) is 54.3 cm³/mol. The first kappa shape index (κ1) is 8.85. The zero-order chi connectivity index (χ0) is 9.26. The molecule has 0 radical (unpaired) electrons. The van der Waals surface area contributed by atoms with Gasteiger partial charge in [0, 0.05) is 16.8 Å². The number of fused-ring (bicyclic) bond motifs is 1. The second kappa shape index (κ2) is 3.56. The molecule has 0 saturated heterocycles. The maximum absolute atomic E-state index is 8.98. The van der Waals surface area contributed by atoms with Crippen molar-refractivity contribution >= 4 is 17.3 Å². The van der Waals surface area contributed by atoms with Gasteiger partial charge in [-0.2, -0.15) is 0 Å². The fourth-order valence-electron chi connectivity index (χ4n) is 1.67. The lowest BCUT2D eigenvalue weighted by molar-refractivity contribution is 0.267. The van der Waals surface area contributed by atoms with Crippen LogP contribution < -0.4 is 5.32 Å². The largest absolute Gasteiger partial charge is 0.394 e. The summed E-state index contributed by atoms with van der Waals surface area (Å²) in [4.78, 5) is 0. The van der Waals surface area contributed by atoms with Gasteiger partial charge < -0.3 is 10.4 Å². The van der Waals surface area contributed by atoms with Crippen molar-refractivity contribution < 1.29 is 5.11 Å². The van der Waals surface area contributed by atoms with Gasteiger partial charge in [0.05, 0.1) is 6.61 Å². The van der Waals surface area contributed by atoms with E-state index in [1.807, 2.05) is 18.2 Å². The monoisotopic (exact) mass is 197 g/mol. The van der Waals surface area contributed by atoms with E-state index in [9.17, 15) is 0 Å². The fraction of sp³-hybridized carbons (Fsp3) is 0.400. The third kappa shape index (κ3) is 1.79. The van der Waals surface area contributed by atoms with Crippen molar-refractivity contribution in [2.24, 2.45) is 0 Å². The van der Waals surface area contributed by atoms with E-state index < -0.39 is 0 Å². The molecule has 0 saturated carbocycles. The lowest BCUT2D eigenvalue weighted by Gasteiger charge is -2.25. The van der Waals surface area contributed by atoms with Crippen LogP contribution in [0.2, 0.25) is 5.02 Å². The molecule has 0 spiro atoms. The van der Waals surface area contributed by atoms with Crippen LogP contribution in [0.25, 0.3) is 0 Å². The van der Waals surface area contributed by atoms with Crippen molar-refractivity contribution in [3.8, 4) is 0 Å². The van der Waals surface area contributed by atoms with Crippen LogP contribution in [0.1, 0.15) is 12.0 Å². The number of hydrogen-bond donors (Lipinski definition) is 2. The summed E-state index contributed by atoms with van der Waals surface area (Å²) in [6, 6.07) is 6.03. The van der Waals surface area contributed by atoms with Crippen LogP contribution in [0, 0.1) is 0 Å². The highest BCUT2D eigenvalue weighted by Gasteiger charge is 2.16. The first-order valence-corrected chi connectivity index (χ1v) is 4.83. The van der Waals surface area contributed by atoms with Gasteiger partial charge in [-0.1, -0.05) is 11.6 Å². The van der Waals surface area contributed by atoms with Gasteiger partial charge in [-0.15, -0.1) is 0 Å². The first-order valence-electron chi connectivity index (χ1n) is 4.45. The van der Waals surface area contributed by atoms with Crippen LogP contribution in [0.3, 0.4) is 0 Å². The summed E-state index contributed by atoms with van der Waals surface area (Å²) in [5.74, 6) is 0. The number of aryl methyl sites for hydroxylation is 1. The molecule has 2 nitrogen and oxygen atoms in total. The van der Waals surface area contributed by atoms with E-state index in [-0.39, 0.29) is 12.6 Å². The van der Waals surface area contributed by atoms with E-state index in [1.54, 1.807) is 0 Å². The molecule has 2 N–H and O–H groups in total. The summed E-state index contributed by atoms with van der Waals surface area (Å²) in [5, 5.41) is 13.0. The van der Waals surface area contributed by atoms with E-state index in [2.05, 4.69) is 5.32 Å². The Bertz CT molecular complexity index is 314. The van der Waals surface area contributed by atoms with Crippen molar-refractivity contribution in [2.45, 2.75) is 18.9 Å². The Kier molecular flexibility index (Phi) is 2.42. The molecule has 3 heteroatoms. The Morgan fingerprint density at radius 2 is 2.38 bits per heavy atom. The SMILES string of the molecule is OC[C@H]1CCc2cc(Cl)ccc2N1. The van der Waals surface area contributed by atoms with Crippen molar-refractivity contribution in [1.29, 1.82) is 0 Å². The Morgan fingerprint density at radius 3 is 3.15 bits per heavy atom. The summed E-state index contributed by atoms with van der Waals surface area (Å²) in [7, 11) is 0. The minimum Gasteiger partial charge on any atom is -0.394 e. The highest BCUT2D eigenvalue weighted by atomic mass is 35.5. The van der Waals surface area contributed by atoms with Gasteiger partial charge in [0.15, 0.2) is 0 Å². The normalized spacial score (nSPS) is 20.6. The van der Waals surface area contributed by atoms with Crippen molar-refractivity contribution in [1.82, 2.24) is 0 Å². The highest BCUT2D eigenvalue weighted by molar-refractivity contribution is 6.30. The average Bonchev–Trinajstić information content (AvgIpc) is 2.17. The molecule has 13 heavy (non-hydrogen) atoms. The molecule has 1 aliphatic heterocycles. The summed E-state index contributed by atoms with van der Waals surface area (Å²) in [6.45, 7) is 0.196. The molecule has 0 aromatic heterocycles. The number of nitrogens with one attached hydrogen (secondary N) is 1. The molecule has 1 aromatic rings. The van der Waals surface area contributed by atoms with Gasteiger partial charge in [-0.25, -0.2) is 0 Å². The Labute approximate surface area is 82.5 Å². The molecule has 1 atom stereocenters. The minimum atomic E-state index is 0.196. The fourth-order valence-corrected chi connectivity index (χ4v) is 1.86. The van der Waals surface area contributed by atoms with Gasteiger partial charge in [-0.05, 0) is 36.6 Å². The standard InChI is InChI=1S/C10H12ClNO/c11-8-2-4-10-7(5-8)1-3-9(6-13)12-10/h2,4-5,9,12-13H,1,3,6H2/t9-/m1/s1. The number of aliphatic hydroxyl groups is 1. The van der Waals surface area contributed by atoms with Crippen LogP contribution in [0.4, 0.5) is 5.69 Å². The topological polar surface area (TPSA) is 32.3 Å². The summed E-state index contributed by atoms with van der Waals surface area (Å²) in [5.41, 5.74) is 2.35. The smallest absolute Gasteiger partial charge is 0.0632 e. The molecule has 70 valence electrons. The van der Waals surface area contributed by atoms with Gasteiger partial charge in [0.1, 0.15) is 0 Å². The zero-order valence-corrected chi connectivity index (χ0v) is 8.01. The third-order valence-electron chi connectivity index (χ3n) is 2.41. The molecule has 1 aliphatic rings. The molecule has 1 heterocycles. The van der Waals surface area contributed by atoms with Crippen LogP contribution in [-0.4, -0.2) is 17.8 Å². The minimum absolute atomic E-state index is 0.196. The van der Waals surface area contributed by atoms with Gasteiger partial charge >= 0.3 is 0 Å². The first-order chi connectivity index (χ1) is 6.29. The Hall–Kier alpha value is -0.730. The van der Waals surface area contributed by atoms with E-state index >= 15 is 0 Å². The molecule has 0 amide bonds. The number of rotatable bonds is 1. The van der Waals surface area contributed by atoms with Crippen LogP contribution >= 0.6 is 11.6 Å². The lowest BCUT2D eigenvalue weighted by Crippen LogP contribution is -2.28. The highest BCUT2D eigenvalue weighted by Crippen LogP contribution is 2.27. The van der Waals surface area contributed by atoms with Gasteiger partial charge in [0.25, 0.3) is 0 Å². The van der Waals surface area contributed by atoms with Crippen LogP contribution in [0.5, 0.6) is 0 Å². The quantitative estimate of drug-likeness (QED) is 0.723. The number of aliphatic hydroxyl groups excluding tert-OH is 1. The molecule has 2 rings (SSSR count). The molecule has 0 bridgehead atoms. The summed E-state index contributed by atoms with van der Waals surface area (Å²) >= 11 is 5.87. The maximum Gasteiger partial charge on any atom is 0.0632 e. The van der Waals surface area contributed by atoms with E-state index in [0.29, 0.717) is 0 Å². The third-order valence-corrected chi connectivity index (χ3v) is 2.64. The second-order valence-corrected chi connectivity index (χ2v) is 3.80. The van der Waals surface area contributed by atoms with Crippen molar-refractivity contribution in [3.63, 3.8) is 0 Å². The summed E-state index contributed by atoms with van der Waals surface area (Å²) < 4.78 is 0. The molecule has 1 aromatic carbocycles. The number of hydrogen-bond acceptors (Lipinski definition) is 2.